The van der Waals surface area contributed by atoms with Crippen molar-refractivity contribution < 1.29 is 44.8 Å². The van der Waals surface area contributed by atoms with Crippen LogP contribution in [0.3, 0.4) is 0 Å². The third kappa shape index (κ3) is 4.60. The van der Waals surface area contributed by atoms with E-state index >= 15 is 0 Å². The van der Waals surface area contributed by atoms with Crippen molar-refractivity contribution in [3.63, 3.8) is 0 Å². The van der Waals surface area contributed by atoms with Crippen molar-refractivity contribution in [3.05, 3.63) is 47.8 Å². The van der Waals surface area contributed by atoms with E-state index in [9.17, 15) is 40.3 Å². The van der Waals surface area contributed by atoms with Crippen LogP contribution in [-0.4, -0.2) is 67.0 Å². The van der Waals surface area contributed by atoms with E-state index in [-0.39, 0.29) is 11.0 Å². The lowest BCUT2D eigenvalue weighted by molar-refractivity contribution is -0.0465. The molecule has 1 aliphatic heterocycles. The highest BCUT2D eigenvalue weighted by atomic mass is 32.2. The molecule has 3 N–H and O–H groups in total. The first kappa shape index (κ1) is 25.8. The number of hydrogen-bond donors (Lipinski definition) is 3. The molecule has 194 valence electrons. The average molecular weight is 534 g/mol. The summed E-state index contributed by atoms with van der Waals surface area (Å²) in [5, 5.41) is 14.7. The van der Waals surface area contributed by atoms with Crippen LogP contribution in [0, 0.1) is 17.5 Å². The van der Waals surface area contributed by atoms with Crippen LogP contribution >= 0.6 is 0 Å². The first-order chi connectivity index (χ1) is 16.8. The number of urea groups is 1. The number of alkyl halides is 2. The maximum atomic E-state index is 14.9. The first-order valence-corrected chi connectivity index (χ1v) is 12.3. The van der Waals surface area contributed by atoms with Crippen molar-refractivity contribution in [1.29, 1.82) is 0 Å². The van der Waals surface area contributed by atoms with Gasteiger partial charge in [0.15, 0.2) is 11.4 Å². The molecule has 2 unspecified atom stereocenters. The van der Waals surface area contributed by atoms with Crippen molar-refractivity contribution in [1.82, 2.24) is 14.8 Å². The second-order valence-corrected chi connectivity index (χ2v) is 9.93. The van der Waals surface area contributed by atoms with Crippen molar-refractivity contribution in [3.8, 4) is 11.1 Å². The third-order valence-electron chi connectivity index (χ3n) is 5.71. The number of aliphatic hydroxyl groups excluding tert-OH is 1. The van der Waals surface area contributed by atoms with Crippen LogP contribution in [-0.2, 0) is 10.0 Å². The number of nitrogens with zero attached hydrogens (tertiary/aromatic N) is 2. The molecule has 2 atom stereocenters. The minimum absolute atomic E-state index is 0.167. The number of carbonyl (C=O) groups is 1. The van der Waals surface area contributed by atoms with Gasteiger partial charge in [0, 0.05) is 18.7 Å². The van der Waals surface area contributed by atoms with Crippen molar-refractivity contribution in [2.75, 3.05) is 24.7 Å². The van der Waals surface area contributed by atoms with Gasteiger partial charge in [0.2, 0.25) is 10.0 Å². The Bertz CT molecular complexity index is 1410. The third-order valence-corrected chi connectivity index (χ3v) is 6.42. The van der Waals surface area contributed by atoms with Gasteiger partial charge in [-0.2, -0.15) is 0 Å². The fraction of sp³-hybridized carbons (Fsp3) is 0.333. The Kier molecular flexibility index (Phi) is 6.66. The zero-order chi connectivity index (χ0) is 26.4. The molecule has 15 heteroatoms. The molecule has 4 rings (SSSR count). The molecule has 1 aromatic heterocycles. The molecular weight excluding hydrogens is 515 g/mol. The van der Waals surface area contributed by atoms with Crippen LogP contribution in [0.2, 0.25) is 0 Å². The summed E-state index contributed by atoms with van der Waals surface area (Å²) < 4.78 is 104. The summed E-state index contributed by atoms with van der Waals surface area (Å²) in [7, 11) is -4.08. The van der Waals surface area contributed by atoms with Gasteiger partial charge < -0.3 is 14.5 Å². The summed E-state index contributed by atoms with van der Waals surface area (Å²) >= 11 is 0. The standard InChI is InChI=1S/C21H19F5N4O5S/c1-36(33,34)29-14-9-30(15(7-8-31)21(14,25)26)20(32)27-19-18-13(35-28-19)6-5-12(24)17(18)16-10(22)3-2-4-11(16)23/h2-6,14-15,29,31H,7-9H2,1H3,(H,27,28,32). The van der Waals surface area contributed by atoms with E-state index in [0.29, 0.717) is 11.2 Å². The quantitative estimate of drug-likeness (QED) is 0.418. The summed E-state index contributed by atoms with van der Waals surface area (Å²) in [5.74, 6) is -7.58. The second-order valence-electron chi connectivity index (χ2n) is 8.15. The molecule has 0 bridgehead atoms. The number of carbonyl (C=O) groups excluding carboxylic acids is 1. The van der Waals surface area contributed by atoms with Crippen LogP contribution in [0.25, 0.3) is 22.1 Å². The summed E-state index contributed by atoms with van der Waals surface area (Å²) in [6, 6.07) is -0.305. The number of hydrogen-bond acceptors (Lipinski definition) is 6. The number of aromatic nitrogens is 1. The van der Waals surface area contributed by atoms with Gasteiger partial charge >= 0.3 is 6.03 Å². The number of rotatable bonds is 6. The average Bonchev–Trinajstić information content (AvgIpc) is 3.28. The first-order valence-electron chi connectivity index (χ1n) is 10.4. The van der Waals surface area contributed by atoms with Crippen molar-refractivity contribution in [2.24, 2.45) is 0 Å². The summed E-state index contributed by atoms with van der Waals surface area (Å²) in [4.78, 5) is 13.6. The molecule has 2 amide bonds. The second kappa shape index (κ2) is 9.29. The molecule has 2 heterocycles. The molecule has 3 aromatic rings. The highest BCUT2D eigenvalue weighted by molar-refractivity contribution is 7.88. The molecule has 1 fully saturated rings. The molecule has 36 heavy (non-hydrogen) atoms. The van der Waals surface area contributed by atoms with E-state index < -0.39 is 88.0 Å². The van der Waals surface area contributed by atoms with Crippen molar-refractivity contribution in [2.45, 2.75) is 24.4 Å². The molecule has 0 spiro atoms. The Labute approximate surface area is 200 Å². The summed E-state index contributed by atoms with van der Waals surface area (Å²) in [6.07, 6.45) is 0.0779. The van der Waals surface area contributed by atoms with Gasteiger partial charge in [-0.15, -0.1) is 0 Å². The van der Waals surface area contributed by atoms with Crippen LogP contribution in [0.1, 0.15) is 6.42 Å². The zero-order valence-corrected chi connectivity index (χ0v) is 19.3. The Morgan fingerprint density at radius 2 is 1.81 bits per heavy atom. The minimum atomic E-state index is -4.08. The molecule has 0 aliphatic carbocycles. The smallest absolute Gasteiger partial charge is 0.323 e. The molecule has 0 saturated carbocycles. The normalized spacial score (nSPS) is 19.7. The molecular formula is C21H19F5N4O5S. The SMILES string of the molecule is CS(=O)(=O)NC1CN(C(=O)Nc2noc3ccc(F)c(-c4c(F)cccc4F)c23)C(CCO)C1(F)F. The Morgan fingerprint density at radius 1 is 1.17 bits per heavy atom. The highest BCUT2D eigenvalue weighted by Gasteiger charge is 2.58. The number of halogens is 5. The van der Waals surface area contributed by atoms with Gasteiger partial charge in [0.25, 0.3) is 5.92 Å². The molecule has 1 aliphatic rings. The van der Waals surface area contributed by atoms with Crippen LogP contribution in [0.5, 0.6) is 0 Å². The van der Waals surface area contributed by atoms with E-state index in [1.807, 2.05) is 0 Å². The fourth-order valence-corrected chi connectivity index (χ4v) is 4.95. The minimum Gasteiger partial charge on any atom is -0.396 e. The Hall–Kier alpha value is -3.30. The van der Waals surface area contributed by atoms with E-state index in [4.69, 9.17) is 4.52 Å². The number of fused-ring (bicyclic) bond motifs is 1. The maximum absolute atomic E-state index is 14.9. The Balaban J connectivity index is 1.75. The van der Waals surface area contributed by atoms with Gasteiger partial charge in [0.1, 0.15) is 29.5 Å². The van der Waals surface area contributed by atoms with Gasteiger partial charge in [-0.05, 0) is 30.7 Å². The predicted molar refractivity (Wildman–Crippen MR) is 117 cm³/mol. The highest BCUT2D eigenvalue weighted by Crippen LogP contribution is 2.40. The fourth-order valence-electron chi connectivity index (χ4n) is 4.20. The lowest BCUT2D eigenvalue weighted by Crippen LogP contribution is -2.49. The van der Waals surface area contributed by atoms with Crippen LogP contribution in [0.4, 0.5) is 32.6 Å². The number of likely N-dealkylation sites (tertiary alicyclic amines) is 1. The monoisotopic (exact) mass is 534 g/mol. The number of aliphatic hydroxyl groups is 1. The number of benzene rings is 2. The number of nitrogens with one attached hydrogen (secondary N) is 2. The predicted octanol–water partition coefficient (Wildman–Crippen LogP) is 3.06. The Morgan fingerprint density at radius 3 is 2.42 bits per heavy atom. The molecule has 2 aromatic carbocycles. The number of sulfonamides is 1. The summed E-state index contributed by atoms with van der Waals surface area (Å²) in [6.45, 7) is -1.53. The maximum Gasteiger partial charge on any atom is 0.323 e. The van der Waals surface area contributed by atoms with Gasteiger partial charge in [-0.25, -0.2) is 39.9 Å². The summed E-state index contributed by atoms with van der Waals surface area (Å²) in [5.41, 5.74) is -1.54. The van der Waals surface area contributed by atoms with Gasteiger partial charge in [-0.1, -0.05) is 11.2 Å². The lowest BCUT2D eigenvalue weighted by atomic mass is 9.99. The van der Waals surface area contributed by atoms with Gasteiger partial charge in [0.05, 0.1) is 17.2 Å². The van der Waals surface area contributed by atoms with Crippen LogP contribution in [0.15, 0.2) is 34.9 Å². The largest absolute Gasteiger partial charge is 0.396 e. The van der Waals surface area contributed by atoms with Gasteiger partial charge in [-0.3, -0.25) is 5.32 Å². The van der Waals surface area contributed by atoms with E-state index in [1.54, 1.807) is 4.72 Å². The molecule has 1 saturated heterocycles. The van der Waals surface area contributed by atoms with E-state index in [0.717, 1.165) is 30.3 Å². The molecule has 9 nitrogen and oxygen atoms in total. The van der Waals surface area contributed by atoms with E-state index in [2.05, 4.69) is 10.5 Å². The zero-order valence-electron chi connectivity index (χ0n) is 18.4. The molecule has 0 radical (unpaired) electrons. The topological polar surface area (TPSA) is 125 Å². The number of anilines is 1. The van der Waals surface area contributed by atoms with E-state index in [1.165, 1.54) is 0 Å². The van der Waals surface area contributed by atoms with Crippen LogP contribution < -0.4 is 10.0 Å². The number of amides is 2. The lowest BCUT2D eigenvalue weighted by Gasteiger charge is -2.27. The van der Waals surface area contributed by atoms with Crippen molar-refractivity contribution >= 4 is 32.8 Å².